The van der Waals surface area contributed by atoms with Gasteiger partial charge >= 0.3 is 0 Å². The van der Waals surface area contributed by atoms with E-state index < -0.39 is 0 Å². The molecule has 1 heterocycles. The Morgan fingerprint density at radius 1 is 1.37 bits per heavy atom. The lowest BCUT2D eigenvalue weighted by Gasteiger charge is -2.07. The molecule has 0 aliphatic rings. The van der Waals surface area contributed by atoms with Gasteiger partial charge in [-0.25, -0.2) is 0 Å². The number of nitrogens with one attached hydrogen (secondary N) is 3. The van der Waals surface area contributed by atoms with E-state index in [9.17, 15) is 4.79 Å². The molecule has 2 aromatic rings. The van der Waals surface area contributed by atoms with Crippen LogP contribution in [0.15, 0.2) is 36.5 Å². The van der Waals surface area contributed by atoms with Crippen molar-refractivity contribution < 1.29 is 9.90 Å². The van der Waals surface area contributed by atoms with Gasteiger partial charge in [0.25, 0.3) is 5.91 Å². The standard InChI is InChI=1S/C13H16N4O2/c18-7-6-14-13(19)10-2-1-3-11(8-10)15-9-12-4-5-16-17-12/h1-5,8,15,18H,6-7,9H2,(H,14,19)(H,16,17). The van der Waals surface area contributed by atoms with E-state index in [1.165, 1.54) is 0 Å². The van der Waals surface area contributed by atoms with Crippen LogP contribution in [0.25, 0.3) is 0 Å². The summed E-state index contributed by atoms with van der Waals surface area (Å²) in [4.78, 5) is 11.7. The zero-order valence-electron chi connectivity index (χ0n) is 10.4. The first-order valence-electron chi connectivity index (χ1n) is 6.01. The summed E-state index contributed by atoms with van der Waals surface area (Å²) < 4.78 is 0. The molecule has 0 aliphatic carbocycles. The van der Waals surface area contributed by atoms with Gasteiger partial charge in [0, 0.05) is 24.0 Å². The molecule has 0 unspecified atom stereocenters. The highest BCUT2D eigenvalue weighted by Gasteiger charge is 2.05. The SMILES string of the molecule is O=C(NCCO)c1cccc(NCc2ccn[nH]2)c1. The van der Waals surface area contributed by atoms with Crippen molar-refractivity contribution >= 4 is 11.6 Å². The first-order valence-corrected chi connectivity index (χ1v) is 6.01. The van der Waals surface area contributed by atoms with E-state index in [2.05, 4.69) is 20.8 Å². The van der Waals surface area contributed by atoms with Crippen molar-refractivity contribution in [3.05, 3.63) is 47.8 Å². The molecule has 0 fully saturated rings. The molecule has 6 nitrogen and oxygen atoms in total. The summed E-state index contributed by atoms with van der Waals surface area (Å²) in [5.41, 5.74) is 2.38. The minimum Gasteiger partial charge on any atom is -0.395 e. The van der Waals surface area contributed by atoms with Gasteiger partial charge in [0.15, 0.2) is 0 Å². The van der Waals surface area contributed by atoms with Crippen molar-refractivity contribution in [3.8, 4) is 0 Å². The number of amides is 1. The van der Waals surface area contributed by atoms with Crippen LogP contribution in [0.2, 0.25) is 0 Å². The summed E-state index contributed by atoms with van der Waals surface area (Å²) in [5, 5.41) is 21.2. The molecule has 0 radical (unpaired) electrons. The molecule has 0 atom stereocenters. The lowest BCUT2D eigenvalue weighted by atomic mass is 10.2. The van der Waals surface area contributed by atoms with Crippen LogP contribution in [0.5, 0.6) is 0 Å². The molecule has 0 spiro atoms. The van der Waals surface area contributed by atoms with Crippen LogP contribution in [0.4, 0.5) is 5.69 Å². The summed E-state index contributed by atoms with van der Waals surface area (Å²) in [7, 11) is 0. The zero-order valence-corrected chi connectivity index (χ0v) is 10.4. The smallest absolute Gasteiger partial charge is 0.251 e. The van der Waals surface area contributed by atoms with Crippen molar-refractivity contribution in [1.29, 1.82) is 0 Å². The molecule has 2 rings (SSSR count). The van der Waals surface area contributed by atoms with Crippen molar-refractivity contribution in [1.82, 2.24) is 15.5 Å². The third-order valence-electron chi connectivity index (χ3n) is 2.56. The van der Waals surface area contributed by atoms with Gasteiger partial charge in [0.05, 0.1) is 18.8 Å². The van der Waals surface area contributed by atoms with E-state index >= 15 is 0 Å². The number of hydrogen-bond donors (Lipinski definition) is 4. The maximum atomic E-state index is 11.7. The van der Waals surface area contributed by atoms with Crippen LogP contribution < -0.4 is 10.6 Å². The average molecular weight is 260 g/mol. The highest BCUT2D eigenvalue weighted by atomic mass is 16.3. The van der Waals surface area contributed by atoms with Crippen molar-refractivity contribution in [3.63, 3.8) is 0 Å². The molecular weight excluding hydrogens is 244 g/mol. The number of carbonyl (C=O) groups is 1. The number of rotatable bonds is 6. The van der Waals surface area contributed by atoms with Gasteiger partial charge < -0.3 is 15.7 Å². The van der Waals surface area contributed by atoms with Crippen LogP contribution in [-0.4, -0.2) is 34.4 Å². The van der Waals surface area contributed by atoms with E-state index in [1.807, 2.05) is 18.2 Å². The van der Waals surface area contributed by atoms with Crippen LogP contribution >= 0.6 is 0 Å². The highest BCUT2D eigenvalue weighted by molar-refractivity contribution is 5.95. The fourth-order valence-corrected chi connectivity index (χ4v) is 1.62. The Morgan fingerprint density at radius 3 is 3.00 bits per heavy atom. The molecule has 4 N–H and O–H groups in total. The van der Waals surface area contributed by atoms with E-state index in [-0.39, 0.29) is 19.1 Å². The maximum Gasteiger partial charge on any atom is 0.251 e. The molecule has 1 aromatic carbocycles. The Bertz CT molecular complexity index is 525. The first kappa shape index (κ1) is 13.1. The molecule has 6 heteroatoms. The molecule has 1 aromatic heterocycles. The topological polar surface area (TPSA) is 90.0 Å². The lowest BCUT2D eigenvalue weighted by Crippen LogP contribution is -2.26. The third-order valence-corrected chi connectivity index (χ3v) is 2.56. The zero-order chi connectivity index (χ0) is 13.5. The van der Waals surface area contributed by atoms with Gasteiger partial charge in [-0.05, 0) is 24.3 Å². The van der Waals surface area contributed by atoms with Gasteiger partial charge in [-0.15, -0.1) is 0 Å². The number of benzene rings is 1. The summed E-state index contributed by atoms with van der Waals surface area (Å²) in [6, 6.07) is 9.07. The number of aromatic amines is 1. The maximum absolute atomic E-state index is 11.7. The number of carbonyl (C=O) groups excluding carboxylic acids is 1. The number of anilines is 1. The van der Waals surface area contributed by atoms with Crippen molar-refractivity contribution in [2.75, 3.05) is 18.5 Å². The number of aliphatic hydroxyl groups is 1. The van der Waals surface area contributed by atoms with Gasteiger partial charge in [-0.3, -0.25) is 9.89 Å². The van der Waals surface area contributed by atoms with Gasteiger partial charge in [0.1, 0.15) is 0 Å². The lowest BCUT2D eigenvalue weighted by molar-refractivity contribution is 0.0945. The second kappa shape index (κ2) is 6.55. The quantitative estimate of drug-likeness (QED) is 0.617. The summed E-state index contributed by atoms with van der Waals surface area (Å²) in [6.45, 7) is 0.801. The second-order valence-corrected chi connectivity index (χ2v) is 4.00. The number of hydrogen-bond acceptors (Lipinski definition) is 4. The van der Waals surface area contributed by atoms with Gasteiger partial charge in [0.2, 0.25) is 0 Å². The van der Waals surface area contributed by atoms with Crippen molar-refractivity contribution in [2.24, 2.45) is 0 Å². The molecule has 0 bridgehead atoms. The normalized spacial score (nSPS) is 10.2. The fourth-order valence-electron chi connectivity index (χ4n) is 1.62. The van der Waals surface area contributed by atoms with E-state index in [1.54, 1.807) is 18.3 Å². The molecule has 19 heavy (non-hydrogen) atoms. The number of nitrogens with zero attached hydrogens (tertiary/aromatic N) is 1. The molecule has 1 amide bonds. The summed E-state index contributed by atoms with van der Waals surface area (Å²) in [5.74, 6) is -0.195. The largest absolute Gasteiger partial charge is 0.395 e. The van der Waals surface area contributed by atoms with Crippen LogP contribution in [0, 0.1) is 0 Å². The third kappa shape index (κ3) is 3.82. The fraction of sp³-hybridized carbons (Fsp3) is 0.231. The Labute approximate surface area is 110 Å². The predicted molar refractivity (Wildman–Crippen MR) is 71.8 cm³/mol. The van der Waals surface area contributed by atoms with Crippen LogP contribution in [-0.2, 0) is 6.54 Å². The molecule has 0 saturated carbocycles. The minimum absolute atomic E-state index is 0.0660. The number of aromatic nitrogens is 2. The molecule has 0 saturated heterocycles. The van der Waals surface area contributed by atoms with Gasteiger partial charge in [-0.2, -0.15) is 5.10 Å². The van der Waals surface area contributed by atoms with Crippen LogP contribution in [0.1, 0.15) is 16.1 Å². The first-order chi connectivity index (χ1) is 9.29. The predicted octanol–water partition coefficient (Wildman–Crippen LogP) is 0.744. The Morgan fingerprint density at radius 2 is 2.26 bits per heavy atom. The number of H-pyrrole nitrogens is 1. The van der Waals surface area contributed by atoms with Crippen molar-refractivity contribution in [2.45, 2.75) is 6.54 Å². The molecule has 0 aliphatic heterocycles. The minimum atomic E-state index is -0.195. The Balaban J connectivity index is 1.96. The summed E-state index contributed by atoms with van der Waals surface area (Å²) in [6.07, 6.45) is 1.69. The Hall–Kier alpha value is -2.34. The second-order valence-electron chi connectivity index (χ2n) is 4.00. The van der Waals surface area contributed by atoms with Crippen LogP contribution in [0.3, 0.4) is 0 Å². The monoisotopic (exact) mass is 260 g/mol. The molecule has 100 valence electrons. The molecular formula is C13H16N4O2. The van der Waals surface area contributed by atoms with E-state index in [4.69, 9.17) is 5.11 Å². The van der Waals surface area contributed by atoms with E-state index in [0.29, 0.717) is 12.1 Å². The Kier molecular flexibility index (Phi) is 4.52. The highest BCUT2D eigenvalue weighted by Crippen LogP contribution is 2.11. The average Bonchev–Trinajstić information content (AvgIpc) is 2.96. The van der Waals surface area contributed by atoms with E-state index in [0.717, 1.165) is 11.4 Å². The summed E-state index contributed by atoms with van der Waals surface area (Å²) >= 11 is 0. The van der Waals surface area contributed by atoms with Gasteiger partial charge in [-0.1, -0.05) is 6.07 Å². The number of aliphatic hydroxyl groups excluding tert-OH is 1.